The summed E-state index contributed by atoms with van der Waals surface area (Å²) in [5, 5.41) is 7.82. The number of amides is 1. The fourth-order valence-electron chi connectivity index (χ4n) is 1.89. The molecule has 1 aromatic heterocycles. The van der Waals surface area contributed by atoms with Gasteiger partial charge < -0.3 is 5.32 Å². The highest BCUT2D eigenvalue weighted by molar-refractivity contribution is 8.00. The number of para-hydroxylation sites is 1. The zero-order chi connectivity index (χ0) is 15.2. The van der Waals surface area contributed by atoms with E-state index in [4.69, 9.17) is 0 Å². The van der Waals surface area contributed by atoms with Crippen molar-refractivity contribution in [2.75, 3.05) is 5.75 Å². The number of hydrogen-bond donors (Lipinski definition) is 1. The van der Waals surface area contributed by atoms with E-state index in [9.17, 15) is 4.79 Å². The van der Waals surface area contributed by atoms with Gasteiger partial charge in [-0.05, 0) is 24.3 Å². The Hall–Kier alpha value is -1.75. The molecule has 0 aliphatic heterocycles. The maximum absolute atomic E-state index is 11.8. The van der Waals surface area contributed by atoms with Gasteiger partial charge in [-0.1, -0.05) is 32.0 Å². The second kappa shape index (κ2) is 7.31. The number of thioether (sulfide) groups is 1. The zero-order valence-electron chi connectivity index (χ0n) is 12.6. The van der Waals surface area contributed by atoms with Crippen molar-refractivity contribution < 1.29 is 4.79 Å². The third-order valence-corrected chi connectivity index (χ3v) is 4.14. The molecule has 0 bridgehead atoms. The fraction of sp³-hybridized carbons (Fsp3) is 0.375. The first kappa shape index (κ1) is 15.6. The first-order valence-corrected chi connectivity index (χ1v) is 8.12. The van der Waals surface area contributed by atoms with Crippen molar-refractivity contribution in [3.05, 3.63) is 48.3 Å². The predicted octanol–water partition coefficient (Wildman–Crippen LogP) is 3.19. The van der Waals surface area contributed by atoms with Crippen molar-refractivity contribution in [1.29, 1.82) is 0 Å². The molecule has 1 N–H and O–H groups in total. The molecule has 5 heteroatoms. The van der Waals surface area contributed by atoms with Crippen molar-refractivity contribution in [1.82, 2.24) is 15.1 Å². The fourth-order valence-corrected chi connectivity index (χ4v) is 2.46. The van der Waals surface area contributed by atoms with Crippen LogP contribution in [0, 0.1) is 0 Å². The Bertz CT molecular complexity index is 580. The average Bonchev–Trinajstić information content (AvgIpc) is 2.96. The number of carbonyl (C=O) groups is 1. The Balaban J connectivity index is 1.96. The van der Waals surface area contributed by atoms with Crippen molar-refractivity contribution in [3.8, 4) is 5.69 Å². The Morgan fingerprint density at radius 3 is 2.67 bits per heavy atom. The van der Waals surface area contributed by atoms with E-state index in [1.807, 2.05) is 48.1 Å². The lowest BCUT2D eigenvalue weighted by Gasteiger charge is -2.12. The molecule has 0 spiro atoms. The van der Waals surface area contributed by atoms with Gasteiger partial charge in [-0.2, -0.15) is 5.10 Å². The number of nitrogens with zero attached hydrogens (tertiary/aromatic N) is 2. The number of nitrogens with one attached hydrogen (secondary N) is 1. The lowest BCUT2D eigenvalue weighted by molar-refractivity contribution is -0.119. The van der Waals surface area contributed by atoms with E-state index < -0.39 is 0 Å². The standard InChI is InChI=1S/C16H21N3OS/c1-12(2)21-11-16(20)18-13(3)14-9-17-19(10-14)15-7-5-4-6-8-15/h4-10,12-13H,11H2,1-3H3,(H,18,20)/t13-/m0/s1. The van der Waals surface area contributed by atoms with Crippen LogP contribution in [0.3, 0.4) is 0 Å². The van der Waals surface area contributed by atoms with Gasteiger partial charge in [0.15, 0.2) is 0 Å². The van der Waals surface area contributed by atoms with Crippen LogP contribution >= 0.6 is 11.8 Å². The van der Waals surface area contributed by atoms with Gasteiger partial charge in [0.25, 0.3) is 0 Å². The van der Waals surface area contributed by atoms with Gasteiger partial charge in [0.1, 0.15) is 0 Å². The molecule has 0 saturated heterocycles. The van der Waals surface area contributed by atoms with Gasteiger partial charge in [0.2, 0.25) is 5.91 Å². The Morgan fingerprint density at radius 1 is 1.29 bits per heavy atom. The van der Waals surface area contributed by atoms with Gasteiger partial charge in [0.05, 0.1) is 23.7 Å². The van der Waals surface area contributed by atoms with Crippen molar-refractivity contribution in [3.63, 3.8) is 0 Å². The van der Waals surface area contributed by atoms with Crippen LogP contribution in [0.2, 0.25) is 0 Å². The van der Waals surface area contributed by atoms with Crippen molar-refractivity contribution in [2.45, 2.75) is 32.1 Å². The maximum Gasteiger partial charge on any atom is 0.230 e. The van der Waals surface area contributed by atoms with Crippen LogP contribution in [-0.4, -0.2) is 26.7 Å². The number of rotatable bonds is 6. The first-order valence-electron chi connectivity index (χ1n) is 7.07. The molecule has 112 valence electrons. The quantitative estimate of drug-likeness (QED) is 0.891. The van der Waals surface area contributed by atoms with Gasteiger partial charge >= 0.3 is 0 Å². The molecule has 4 nitrogen and oxygen atoms in total. The van der Waals surface area contributed by atoms with E-state index in [0.717, 1.165) is 11.3 Å². The maximum atomic E-state index is 11.8. The smallest absolute Gasteiger partial charge is 0.230 e. The van der Waals surface area contributed by atoms with Crippen LogP contribution in [-0.2, 0) is 4.79 Å². The summed E-state index contributed by atoms with van der Waals surface area (Å²) in [4.78, 5) is 11.8. The molecule has 21 heavy (non-hydrogen) atoms. The number of carbonyl (C=O) groups excluding carboxylic acids is 1. The molecule has 0 radical (unpaired) electrons. The summed E-state index contributed by atoms with van der Waals surface area (Å²) < 4.78 is 1.82. The van der Waals surface area contributed by atoms with Gasteiger partial charge in [-0.3, -0.25) is 4.79 Å². The summed E-state index contributed by atoms with van der Waals surface area (Å²) >= 11 is 1.65. The molecule has 0 aliphatic carbocycles. The Morgan fingerprint density at radius 2 is 2.00 bits per heavy atom. The van der Waals surface area contributed by atoms with Gasteiger partial charge in [-0.25, -0.2) is 4.68 Å². The third-order valence-electron chi connectivity index (χ3n) is 3.05. The van der Waals surface area contributed by atoms with Crippen LogP contribution < -0.4 is 5.32 Å². The van der Waals surface area contributed by atoms with E-state index in [-0.39, 0.29) is 11.9 Å². The molecule has 0 fully saturated rings. The summed E-state index contributed by atoms with van der Waals surface area (Å²) in [6, 6.07) is 9.89. The topological polar surface area (TPSA) is 46.9 Å². The summed E-state index contributed by atoms with van der Waals surface area (Å²) in [5.41, 5.74) is 2.01. The van der Waals surface area contributed by atoms with Crippen molar-refractivity contribution in [2.24, 2.45) is 0 Å². The molecule has 1 amide bonds. The van der Waals surface area contributed by atoms with E-state index >= 15 is 0 Å². The molecular formula is C16H21N3OS. The average molecular weight is 303 g/mol. The highest BCUT2D eigenvalue weighted by atomic mass is 32.2. The van der Waals surface area contributed by atoms with Crippen LogP contribution in [0.5, 0.6) is 0 Å². The van der Waals surface area contributed by atoms with Crippen LogP contribution in [0.4, 0.5) is 0 Å². The van der Waals surface area contributed by atoms with Crippen LogP contribution in [0.1, 0.15) is 32.4 Å². The second-order valence-corrected chi connectivity index (χ2v) is 6.77. The monoisotopic (exact) mass is 303 g/mol. The highest BCUT2D eigenvalue weighted by Gasteiger charge is 2.12. The van der Waals surface area contributed by atoms with E-state index in [0.29, 0.717) is 11.0 Å². The molecule has 0 saturated carbocycles. The molecule has 2 aromatic rings. The summed E-state index contributed by atoms with van der Waals surface area (Å²) in [5.74, 6) is 0.558. The molecule has 1 aromatic carbocycles. The second-order valence-electron chi connectivity index (χ2n) is 5.20. The Labute approximate surface area is 129 Å². The van der Waals surface area contributed by atoms with E-state index in [1.54, 1.807) is 18.0 Å². The molecular weight excluding hydrogens is 282 g/mol. The predicted molar refractivity (Wildman–Crippen MR) is 87.7 cm³/mol. The molecule has 1 heterocycles. The van der Waals surface area contributed by atoms with E-state index in [2.05, 4.69) is 24.3 Å². The normalized spacial score (nSPS) is 12.4. The van der Waals surface area contributed by atoms with Crippen molar-refractivity contribution >= 4 is 17.7 Å². The molecule has 2 rings (SSSR count). The summed E-state index contributed by atoms with van der Waals surface area (Å²) in [6.07, 6.45) is 3.75. The highest BCUT2D eigenvalue weighted by Crippen LogP contribution is 2.15. The zero-order valence-corrected chi connectivity index (χ0v) is 13.4. The largest absolute Gasteiger partial charge is 0.349 e. The van der Waals surface area contributed by atoms with E-state index in [1.165, 1.54) is 0 Å². The lowest BCUT2D eigenvalue weighted by Crippen LogP contribution is -2.28. The first-order chi connectivity index (χ1) is 10.1. The van der Waals surface area contributed by atoms with Crippen LogP contribution in [0.15, 0.2) is 42.7 Å². The SMILES string of the molecule is CC(C)SCC(=O)N[C@@H](C)c1cnn(-c2ccccc2)c1. The molecule has 1 atom stereocenters. The summed E-state index contributed by atoms with van der Waals surface area (Å²) in [6.45, 7) is 6.15. The number of aromatic nitrogens is 2. The number of benzene rings is 1. The lowest BCUT2D eigenvalue weighted by atomic mass is 10.2. The van der Waals surface area contributed by atoms with Gasteiger partial charge in [0, 0.05) is 11.8 Å². The minimum absolute atomic E-state index is 0.0391. The van der Waals surface area contributed by atoms with Gasteiger partial charge in [-0.15, -0.1) is 11.8 Å². The third kappa shape index (κ3) is 4.63. The Kier molecular flexibility index (Phi) is 5.44. The molecule has 0 unspecified atom stereocenters. The molecule has 0 aliphatic rings. The van der Waals surface area contributed by atoms with Crippen LogP contribution in [0.25, 0.3) is 5.69 Å². The number of hydrogen-bond acceptors (Lipinski definition) is 3. The minimum atomic E-state index is -0.0391. The summed E-state index contributed by atoms with van der Waals surface area (Å²) in [7, 11) is 0. The minimum Gasteiger partial charge on any atom is -0.349 e.